The van der Waals surface area contributed by atoms with Crippen molar-refractivity contribution in [2.45, 2.75) is 32.7 Å². The molecule has 0 unspecified atom stereocenters. The van der Waals surface area contributed by atoms with Crippen molar-refractivity contribution in [3.63, 3.8) is 0 Å². The third kappa shape index (κ3) is 1.88. The molecule has 0 spiro atoms. The molecular formula is C15H18N2. The lowest BCUT2D eigenvalue weighted by Crippen LogP contribution is -2.33. The zero-order valence-electron chi connectivity index (χ0n) is 10.4. The van der Waals surface area contributed by atoms with Crippen LogP contribution in [0.1, 0.15) is 25.3 Å². The summed E-state index contributed by atoms with van der Waals surface area (Å²) in [6.07, 6.45) is 4.44. The van der Waals surface area contributed by atoms with E-state index in [0.717, 1.165) is 11.4 Å². The average Bonchev–Trinajstić information content (AvgIpc) is 2.31. The third-order valence-electron chi connectivity index (χ3n) is 3.70. The number of hydrogen-bond acceptors (Lipinski definition) is 2. The SMILES string of the molecule is Cc1ccc(NC2CC(C)C2)c2cccnc12. The van der Waals surface area contributed by atoms with Gasteiger partial charge in [0.1, 0.15) is 0 Å². The lowest BCUT2D eigenvalue weighted by atomic mass is 9.81. The maximum absolute atomic E-state index is 4.47. The monoisotopic (exact) mass is 226 g/mol. The molecule has 3 rings (SSSR count). The number of aryl methyl sites for hydroxylation is 1. The van der Waals surface area contributed by atoms with Gasteiger partial charge in [0.25, 0.3) is 0 Å². The van der Waals surface area contributed by atoms with Gasteiger partial charge in [-0.1, -0.05) is 13.0 Å². The molecule has 0 aliphatic heterocycles. The van der Waals surface area contributed by atoms with Crippen LogP contribution < -0.4 is 5.32 Å². The zero-order valence-corrected chi connectivity index (χ0v) is 10.4. The summed E-state index contributed by atoms with van der Waals surface area (Å²) in [5.41, 5.74) is 3.59. The van der Waals surface area contributed by atoms with Gasteiger partial charge in [0.05, 0.1) is 5.52 Å². The molecule has 1 aromatic carbocycles. The first-order chi connectivity index (χ1) is 8.24. The van der Waals surface area contributed by atoms with E-state index in [1.165, 1.54) is 29.5 Å². The molecule has 1 fully saturated rings. The molecule has 1 heterocycles. The summed E-state index contributed by atoms with van der Waals surface area (Å²) in [4.78, 5) is 4.47. The highest BCUT2D eigenvalue weighted by molar-refractivity contribution is 5.93. The standard InChI is InChI=1S/C15H18N2/c1-10-8-12(9-10)17-14-6-5-11(2)15-13(14)4-3-7-16-15/h3-7,10,12,17H,8-9H2,1-2H3. The van der Waals surface area contributed by atoms with Gasteiger partial charge in [0.2, 0.25) is 0 Å². The van der Waals surface area contributed by atoms with Crippen molar-refractivity contribution < 1.29 is 0 Å². The highest BCUT2D eigenvalue weighted by Gasteiger charge is 2.25. The molecule has 0 amide bonds. The summed E-state index contributed by atoms with van der Waals surface area (Å²) in [6, 6.07) is 9.15. The van der Waals surface area contributed by atoms with Crippen LogP contribution in [0.4, 0.5) is 5.69 Å². The Morgan fingerprint density at radius 1 is 1.24 bits per heavy atom. The fraction of sp³-hybridized carbons (Fsp3) is 0.400. The number of nitrogens with one attached hydrogen (secondary N) is 1. The van der Waals surface area contributed by atoms with Gasteiger partial charge in [-0.15, -0.1) is 0 Å². The summed E-state index contributed by atoms with van der Waals surface area (Å²) < 4.78 is 0. The predicted octanol–water partition coefficient (Wildman–Crippen LogP) is 3.75. The number of rotatable bonds is 2. The molecule has 2 heteroatoms. The molecule has 1 aromatic heterocycles. The molecule has 88 valence electrons. The molecule has 1 aliphatic carbocycles. The summed E-state index contributed by atoms with van der Waals surface area (Å²) >= 11 is 0. The van der Waals surface area contributed by atoms with Crippen LogP contribution in [0.15, 0.2) is 30.5 Å². The van der Waals surface area contributed by atoms with Gasteiger partial charge >= 0.3 is 0 Å². The number of pyridine rings is 1. The normalized spacial score (nSPS) is 23.4. The number of fused-ring (bicyclic) bond motifs is 1. The summed E-state index contributed by atoms with van der Waals surface area (Å²) in [6.45, 7) is 4.43. The Balaban J connectivity index is 1.96. The fourth-order valence-corrected chi connectivity index (χ4v) is 2.68. The van der Waals surface area contributed by atoms with Crippen LogP contribution in [0.25, 0.3) is 10.9 Å². The molecule has 2 nitrogen and oxygen atoms in total. The first-order valence-corrected chi connectivity index (χ1v) is 6.35. The summed E-state index contributed by atoms with van der Waals surface area (Å²) in [5.74, 6) is 0.877. The number of anilines is 1. The predicted molar refractivity (Wildman–Crippen MR) is 72.3 cm³/mol. The topological polar surface area (TPSA) is 24.9 Å². The van der Waals surface area contributed by atoms with Crippen LogP contribution in [-0.2, 0) is 0 Å². The van der Waals surface area contributed by atoms with E-state index in [1.807, 2.05) is 12.3 Å². The molecule has 0 bridgehead atoms. The van der Waals surface area contributed by atoms with Gasteiger partial charge in [-0.2, -0.15) is 0 Å². The smallest absolute Gasteiger partial charge is 0.0751 e. The van der Waals surface area contributed by atoms with Crippen molar-refractivity contribution in [1.82, 2.24) is 4.98 Å². The minimum atomic E-state index is 0.649. The van der Waals surface area contributed by atoms with Crippen molar-refractivity contribution in [1.29, 1.82) is 0 Å². The first kappa shape index (κ1) is 10.6. The maximum Gasteiger partial charge on any atom is 0.0751 e. The second kappa shape index (κ2) is 4.02. The van der Waals surface area contributed by atoms with Crippen LogP contribution >= 0.6 is 0 Å². The van der Waals surface area contributed by atoms with Gasteiger partial charge < -0.3 is 5.32 Å². The largest absolute Gasteiger partial charge is 0.382 e. The van der Waals surface area contributed by atoms with Gasteiger partial charge in [-0.25, -0.2) is 0 Å². The quantitative estimate of drug-likeness (QED) is 0.843. The van der Waals surface area contributed by atoms with Crippen molar-refractivity contribution in [2.24, 2.45) is 5.92 Å². The van der Waals surface area contributed by atoms with Crippen LogP contribution in [0, 0.1) is 12.8 Å². The molecule has 0 radical (unpaired) electrons. The van der Waals surface area contributed by atoms with E-state index in [1.54, 1.807) is 0 Å². The van der Waals surface area contributed by atoms with Crippen LogP contribution in [0.5, 0.6) is 0 Å². The third-order valence-corrected chi connectivity index (χ3v) is 3.70. The number of benzene rings is 1. The van der Waals surface area contributed by atoms with Gasteiger partial charge in [0, 0.05) is 23.3 Å². The van der Waals surface area contributed by atoms with Gasteiger partial charge in [-0.05, 0) is 49.4 Å². The molecule has 17 heavy (non-hydrogen) atoms. The Kier molecular flexibility index (Phi) is 2.50. The van der Waals surface area contributed by atoms with E-state index in [2.05, 4.69) is 42.3 Å². The second-order valence-electron chi connectivity index (χ2n) is 5.25. The minimum absolute atomic E-state index is 0.649. The zero-order chi connectivity index (χ0) is 11.8. The Morgan fingerprint density at radius 3 is 2.82 bits per heavy atom. The summed E-state index contributed by atoms with van der Waals surface area (Å²) in [7, 11) is 0. The first-order valence-electron chi connectivity index (χ1n) is 6.35. The molecular weight excluding hydrogens is 208 g/mol. The Morgan fingerprint density at radius 2 is 2.06 bits per heavy atom. The van der Waals surface area contributed by atoms with Crippen LogP contribution in [0.2, 0.25) is 0 Å². The molecule has 0 atom stereocenters. The second-order valence-corrected chi connectivity index (χ2v) is 5.25. The number of hydrogen-bond donors (Lipinski definition) is 1. The van der Waals surface area contributed by atoms with E-state index >= 15 is 0 Å². The maximum atomic E-state index is 4.47. The van der Waals surface area contributed by atoms with Crippen LogP contribution in [-0.4, -0.2) is 11.0 Å². The van der Waals surface area contributed by atoms with Crippen molar-refractivity contribution in [2.75, 3.05) is 5.32 Å². The molecule has 0 saturated heterocycles. The van der Waals surface area contributed by atoms with Crippen molar-refractivity contribution in [3.8, 4) is 0 Å². The van der Waals surface area contributed by atoms with E-state index in [0.29, 0.717) is 6.04 Å². The van der Waals surface area contributed by atoms with Gasteiger partial charge in [-0.3, -0.25) is 4.98 Å². The fourth-order valence-electron chi connectivity index (χ4n) is 2.68. The summed E-state index contributed by atoms with van der Waals surface area (Å²) in [5, 5.41) is 4.88. The van der Waals surface area contributed by atoms with E-state index in [9.17, 15) is 0 Å². The van der Waals surface area contributed by atoms with E-state index < -0.39 is 0 Å². The molecule has 1 N–H and O–H groups in total. The molecule has 1 aliphatic rings. The van der Waals surface area contributed by atoms with E-state index in [4.69, 9.17) is 0 Å². The average molecular weight is 226 g/mol. The van der Waals surface area contributed by atoms with E-state index in [-0.39, 0.29) is 0 Å². The van der Waals surface area contributed by atoms with Crippen LogP contribution in [0.3, 0.4) is 0 Å². The lowest BCUT2D eigenvalue weighted by Gasteiger charge is -2.34. The molecule has 2 aromatic rings. The Bertz CT molecular complexity index is 542. The minimum Gasteiger partial charge on any atom is -0.382 e. The highest BCUT2D eigenvalue weighted by atomic mass is 14.9. The lowest BCUT2D eigenvalue weighted by molar-refractivity contribution is 0.309. The number of nitrogens with zero attached hydrogens (tertiary/aromatic N) is 1. The Labute approximate surface area is 102 Å². The molecule has 1 saturated carbocycles. The Hall–Kier alpha value is -1.57. The number of aromatic nitrogens is 1. The van der Waals surface area contributed by atoms with Gasteiger partial charge in [0.15, 0.2) is 0 Å². The van der Waals surface area contributed by atoms with Crippen molar-refractivity contribution >= 4 is 16.6 Å². The van der Waals surface area contributed by atoms with Crippen molar-refractivity contribution in [3.05, 3.63) is 36.0 Å². The highest BCUT2D eigenvalue weighted by Crippen LogP contribution is 2.32.